The highest BCUT2D eigenvalue weighted by atomic mass is 16.3. The highest BCUT2D eigenvalue weighted by Crippen LogP contribution is 2.19. The SMILES string of the molecule is CCCCCCC/C=C\C/C=C\CCCCCCCCCCCCCCCCCCCCCCCCCCCCCC(=O)NC(CO)C(O)CCCCCCCCCCCCCCCCCCCCCCCC. The predicted molar refractivity (Wildman–Crippen MR) is 327 cm³/mol. The molecule has 0 spiro atoms. The van der Waals surface area contributed by atoms with E-state index in [1.165, 1.54) is 334 Å². The van der Waals surface area contributed by atoms with Crippen molar-refractivity contribution in [3.8, 4) is 0 Å². The number of amides is 1. The van der Waals surface area contributed by atoms with E-state index in [0.717, 1.165) is 32.1 Å². The van der Waals surface area contributed by atoms with E-state index >= 15 is 0 Å². The fourth-order valence-electron chi connectivity index (χ4n) is 11.0. The van der Waals surface area contributed by atoms with Gasteiger partial charge in [-0.25, -0.2) is 0 Å². The zero-order valence-corrected chi connectivity index (χ0v) is 50.2. The molecule has 4 heteroatoms. The number of hydrogen-bond donors (Lipinski definition) is 3. The molecule has 0 rings (SSSR count). The average molecular weight is 1030 g/mol. The topological polar surface area (TPSA) is 69.6 Å². The lowest BCUT2D eigenvalue weighted by Gasteiger charge is -2.22. The molecule has 0 aromatic carbocycles. The Hall–Kier alpha value is -1.13. The smallest absolute Gasteiger partial charge is 0.220 e. The number of carbonyl (C=O) groups excluding carboxylic acids is 1. The van der Waals surface area contributed by atoms with E-state index in [0.29, 0.717) is 12.8 Å². The van der Waals surface area contributed by atoms with Crippen LogP contribution in [0.4, 0.5) is 0 Å². The quantitative estimate of drug-likeness (QED) is 0.0420. The molecule has 0 aliphatic carbocycles. The van der Waals surface area contributed by atoms with Crippen LogP contribution in [0.2, 0.25) is 0 Å². The van der Waals surface area contributed by atoms with Crippen LogP contribution in [0.3, 0.4) is 0 Å². The average Bonchev–Trinajstić information content (AvgIpc) is 3.40. The van der Waals surface area contributed by atoms with Gasteiger partial charge in [0.05, 0.1) is 18.8 Å². The molecule has 0 aliphatic rings. The molecule has 0 aromatic heterocycles. The number of allylic oxidation sites excluding steroid dienone is 4. The van der Waals surface area contributed by atoms with Gasteiger partial charge in [-0.15, -0.1) is 0 Å². The summed E-state index contributed by atoms with van der Waals surface area (Å²) in [6, 6.07) is -0.534. The van der Waals surface area contributed by atoms with Crippen molar-refractivity contribution in [2.24, 2.45) is 0 Å². The molecule has 1 amide bonds. The van der Waals surface area contributed by atoms with E-state index in [1.807, 2.05) is 0 Å². The summed E-state index contributed by atoms with van der Waals surface area (Å²) in [5, 5.41) is 23.4. The van der Waals surface area contributed by atoms with Crippen LogP contribution >= 0.6 is 0 Å². The van der Waals surface area contributed by atoms with E-state index in [2.05, 4.69) is 43.5 Å². The third-order valence-electron chi connectivity index (χ3n) is 16.2. The zero-order valence-electron chi connectivity index (χ0n) is 50.2. The van der Waals surface area contributed by atoms with Crippen LogP contribution in [0.15, 0.2) is 24.3 Å². The molecular weight excluding hydrogens is 891 g/mol. The lowest BCUT2D eigenvalue weighted by molar-refractivity contribution is -0.123. The van der Waals surface area contributed by atoms with Crippen LogP contribution in [0, 0.1) is 0 Å². The number of carbonyl (C=O) groups is 1. The van der Waals surface area contributed by atoms with E-state index in [9.17, 15) is 15.0 Å². The largest absolute Gasteiger partial charge is 0.394 e. The summed E-state index contributed by atoms with van der Waals surface area (Å²) in [6.45, 7) is 4.39. The molecule has 0 radical (unpaired) electrons. The van der Waals surface area contributed by atoms with E-state index in [-0.39, 0.29) is 12.5 Å². The molecule has 4 nitrogen and oxygen atoms in total. The highest BCUT2D eigenvalue weighted by molar-refractivity contribution is 5.76. The first kappa shape index (κ1) is 71.9. The van der Waals surface area contributed by atoms with Crippen LogP contribution < -0.4 is 5.32 Å². The Kier molecular flexibility index (Phi) is 64.1. The van der Waals surface area contributed by atoms with Gasteiger partial charge in [0.2, 0.25) is 5.91 Å². The third-order valence-corrected chi connectivity index (χ3v) is 16.2. The van der Waals surface area contributed by atoms with Gasteiger partial charge in [0.1, 0.15) is 0 Å². The molecule has 434 valence electrons. The number of nitrogens with one attached hydrogen (secondary N) is 1. The van der Waals surface area contributed by atoms with Gasteiger partial charge in [-0.2, -0.15) is 0 Å². The third kappa shape index (κ3) is 61.6. The number of rotatable bonds is 64. The van der Waals surface area contributed by atoms with E-state index in [4.69, 9.17) is 0 Å². The molecule has 2 atom stereocenters. The lowest BCUT2D eigenvalue weighted by atomic mass is 10.0. The summed E-state index contributed by atoms with van der Waals surface area (Å²) in [5.41, 5.74) is 0. The Morgan fingerprint density at radius 2 is 0.562 bits per heavy atom. The summed E-state index contributed by atoms with van der Waals surface area (Å²) in [4.78, 5) is 12.5. The fourth-order valence-corrected chi connectivity index (χ4v) is 11.0. The van der Waals surface area contributed by atoms with E-state index < -0.39 is 12.1 Å². The number of hydrogen-bond acceptors (Lipinski definition) is 3. The Balaban J connectivity index is 3.36. The second kappa shape index (κ2) is 65.2. The maximum Gasteiger partial charge on any atom is 0.220 e. The molecule has 0 heterocycles. The van der Waals surface area contributed by atoms with Crippen LogP contribution in [0.5, 0.6) is 0 Å². The Labute approximate surface area is 459 Å². The fraction of sp³-hybridized carbons (Fsp3) is 0.928. The predicted octanol–water partition coefficient (Wildman–Crippen LogP) is 23.0. The molecule has 73 heavy (non-hydrogen) atoms. The Morgan fingerprint density at radius 3 is 0.822 bits per heavy atom. The monoisotopic (exact) mass is 1030 g/mol. The summed E-state index contributed by atoms with van der Waals surface area (Å²) >= 11 is 0. The number of aliphatic hydroxyl groups excluding tert-OH is 2. The van der Waals surface area contributed by atoms with Crippen LogP contribution in [-0.4, -0.2) is 34.9 Å². The Morgan fingerprint density at radius 1 is 0.329 bits per heavy atom. The van der Waals surface area contributed by atoms with Crippen molar-refractivity contribution in [2.75, 3.05) is 6.61 Å². The minimum Gasteiger partial charge on any atom is -0.394 e. The van der Waals surface area contributed by atoms with Gasteiger partial charge in [-0.3, -0.25) is 4.79 Å². The molecule has 0 bridgehead atoms. The highest BCUT2D eigenvalue weighted by Gasteiger charge is 2.20. The van der Waals surface area contributed by atoms with Crippen molar-refractivity contribution >= 4 is 5.91 Å². The summed E-state index contributed by atoms with van der Waals surface area (Å²) in [7, 11) is 0. The summed E-state index contributed by atoms with van der Waals surface area (Å²) in [6.07, 6.45) is 88.0. The number of aliphatic hydroxyl groups is 2. The van der Waals surface area contributed by atoms with Gasteiger partial charge in [0.25, 0.3) is 0 Å². The Bertz CT molecular complexity index is 1070. The van der Waals surface area contributed by atoms with Crippen molar-refractivity contribution in [3.05, 3.63) is 24.3 Å². The normalized spacial score (nSPS) is 12.8. The van der Waals surface area contributed by atoms with Crippen molar-refractivity contribution < 1.29 is 15.0 Å². The van der Waals surface area contributed by atoms with Crippen molar-refractivity contribution in [3.63, 3.8) is 0 Å². The molecule has 0 saturated heterocycles. The van der Waals surface area contributed by atoms with Crippen molar-refractivity contribution in [1.29, 1.82) is 0 Å². The minimum absolute atomic E-state index is 0.0215. The summed E-state index contributed by atoms with van der Waals surface area (Å²) in [5.74, 6) is -0.0215. The van der Waals surface area contributed by atoms with Gasteiger partial charge in [0, 0.05) is 6.42 Å². The second-order valence-electron chi connectivity index (χ2n) is 23.6. The van der Waals surface area contributed by atoms with Crippen molar-refractivity contribution in [2.45, 2.75) is 405 Å². The van der Waals surface area contributed by atoms with Gasteiger partial charge in [-0.05, 0) is 44.9 Å². The van der Waals surface area contributed by atoms with E-state index in [1.54, 1.807) is 0 Å². The van der Waals surface area contributed by atoms with Crippen molar-refractivity contribution in [1.82, 2.24) is 5.32 Å². The van der Waals surface area contributed by atoms with Crippen LogP contribution in [0.1, 0.15) is 393 Å². The second-order valence-corrected chi connectivity index (χ2v) is 23.6. The maximum atomic E-state index is 12.5. The molecule has 3 N–H and O–H groups in total. The molecule has 0 saturated carbocycles. The minimum atomic E-state index is -0.657. The molecular formula is C69H135NO3. The number of unbranched alkanes of at least 4 members (excludes halogenated alkanes) is 53. The van der Waals surface area contributed by atoms with Crippen LogP contribution in [-0.2, 0) is 4.79 Å². The zero-order chi connectivity index (χ0) is 52.7. The first-order chi connectivity index (χ1) is 36.2. The van der Waals surface area contributed by atoms with Crippen LogP contribution in [0.25, 0.3) is 0 Å². The molecule has 2 unspecified atom stereocenters. The van der Waals surface area contributed by atoms with Gasteiger partial charge < -0.3 is 15.5 Å². The first-order valence-electron chi connectivity index (χ1n) is 34.0. The maximum absolute atomic E-state index is 12.5. The summed E-state index contributed by atoms with van der Waals surface area (Å²) < 4.78 is 0. The van der Waals surface area contributed by atoms with Gasteiger partial charge >= 0.3 is 0 Å². The standard InChI is InChI=1S/C69H135NO3/c1-3-5-7-9-11-13-15-17-19-21-23-25-27-28-29-30-31-32-33-34-35-36-37-38-39-40-41-42-43-45-47-49-51-53-55-57-59-61-63-65-69(73)70-67(66-71)68(72)64-62-60-58-56-54-52-50-48-46-44-26-24-22-20-18-16-14-12-10-8-6-4-2/h15,17,21,23,67-68,71-72H,3-14,16,18-20,22,24-66H2,1-2H3,(H,70,73)/b17-15-,23-21-. The van der Waals surface area contributed by atoms with Gasteiger partial charge in [0.15, 0.2) is 0 Å². The lowest BCUT2D eigenvalue weighted by Crippen LogP contribution is -2.45. The molecule has 0 aliphatic heterocycles. The van der Waals surface area contributed by atoms with Gasteiger partial charge in [-0.1, -0.05) is 366 Å². The molecule has 0 fully saturated rings. The molecule has 0 aromatic rings. The first-order valence-corrected chi connectivity index (χ1v) is 34.0.